The summed E-state index contributed by atoms with van der Waals surface area (Å²) < 4.78 is 9.15. The monoisotopic (exact) mass is 431 g/mol. The number of aliphatic hydroxyl groups is 2. The minimum Gasteiger partial charge on any atom is -0.396 e. The van der Waals surface area contributed by atoms with Crippen LogP contribution in [0.25, 0.3) is 16.6 Å². The summed E-state index contributed by atoms with van der Waals surface area (Å²) in [6, 6.07) is 17.4. The molecule has 1 aromatic heterocycles. The van der Waals surface area contributed by atoms with Gasteiger partial charge in [0, 0.05) is 23.5 Å². The number of rotatable bonds is 1. The number of aliphatic hydroxyl groups excluding tert-OH is 2. The average molecular weight is 432 g/mol. The predicted molar refractivity (Wildman–Crippen MR) is 126 cm³/mol. The molecule has 3 aliphatic rings. The lowest BCUT2D eigenvalue weighted by Crippen LogP contribution is -2.41. The lowest BCUT2D eigenvalue weighted by molar-refractivity contribution is -0.0601. The molecule has 32 heavy (non-hydrogen) atoms. The van der Waals surface area contributed by atoms with Gasteiger partial charge in [0.15, 0.2) is 0 Å². The Hall–Kier alpha value is -2.14. The molecule has 2 N–H and O–H groups in total. The Bertz CT molecular complexity index is 1120. The van der Waals surface area contributed by atoms with E-state index in [9.17, 15) is 10.2 Å². The van der Waals surface area contributed by atoms with E-state index in [2.05, 4.69) is 53.1 Å². The zero-order valence-corrected chi connectivity index (χ0v) is 18.6. The van der Waals surface area contributed by atoms with E-state index in [-0.39, 0.29) is 24.5 Å². The van der Waals surface area contributed by atoms with E-state index in [1.807, 2.05) is 0 Å². The number of aromatic nitrogens is 1. The smallest absolute Gasteiger partial charge is 0.0988 e. The number of hydrogen-bond donors (Lipinski definition) is 2. The van der Waals surface area contributed by atoms with Crippen molar-refractivity contribution < 1.29 is 14.9 Å². The molecule has 0 saturated heterocycles. The predicted octanol–water partition coefficient (Wildman–Crippen LogP) is 5.31. The largest absolute Gasteiger partial charge is 0.396 e. The van der Waals surface area contributed by atoms with Crippen molar-refractivity contribution in [1.29, 1.82) is 0 Å². The first-order valence-corrected chi connectivity index (χ1v) is 12.4. The van der Waals surface area contributed by atoms with Crippen LogP contribution in [0.2, 0.25) is 0 Å². The van der Waals surface area contributed by atoms with E-state index in [0.717, 1.165) is 25.7 Å². The Morgan fingerprint density at radius 3 is 2.72 bits per heavy atom. The molecular weight excluding hydrogens is 398 g/mol. The number of benzene rings is 2. The average Bonchev–Trinajstić information content (AvgIpc) is 3.05. The van der Waals surface area contributed by atoms with Gasteiger partial charge < -0.3 is 19.5 Å². The zero-order valence-electron chi connectivity index (χ0n) is 18.6. The van der Waals surface area contributed by atoms with E-state index in [4.69, 9.17) is 4.74 Å². The van der Waals surface area contributed by atoms with Gasteiger partial charge in [-0.05, 0) is 61.6 Å². The van der Waals surface area contributed by atoms with E-state index in [1.165, 1.54) is 52.7 Å². The number of hydrogen-bond acceptors (Lipinski definition) is 3. The quantitative estimate of drug-likeness (QED) is 0.549. The maximum atomic E-state index is 10.7. The molecule has 0 radical (unpaired) electrons. The van der Waals surface area contributed by atoms with Crippen LogP contribution >= 0.6 is 0 Å². The molecule has 5 atom stereocenters. The lowest BCUT2D eigenvalue weighted by Gasteiger charge is -2.42. The fourth-order valence-corrected chi connectivity index (χ4v) is 6.87. The molecule has 2 aliphatic carbocycles. The Morgan fingerprint density at radius 2 is 1.81 bits per heavy atom. The van der Waals surface area contributed by atoms with Crippen LogP contribution in [0.3, 0.4) is 0 Å². The maximum absolute atomic E-state index is 10.7. The summed E-state index contributed by atoms with van der Waals surface area (Å²) in [5, 5.41) is 22.3. The molecule has 168 valence electrons. The topological polar surface area (TPSA) is 54.6 Å². The highest BCUT2D eigenvalue weighted by atomic mass is 16.5. The number of fused-ring (bicyclic) bond motifs is 6. The van der Waals surface area contributed by atoms with Crippen molar-refractivity contribution >= 4 is 10.9 Å². The van der Waals surface area contributed by atoms with Crippen molar-refractivity contribution in [3.05, 3.63) is 65.4 Å². The summed E-state index contributed by atoms with van der Waals surface area (Å²) in [6.07, 6.45) is 6.95. The molecule has 0 spiro atoms. The summed E-state index contributed by atoms with van der Waals surface area (Å²) >= 11 is 0. The third-order valence-corrected chi connectivity index (χ3v) is 8.43. The van der Waals surface area contributed by atoms with Crippen LogP contribution in [-0.4, -0.2) is 27.5 Å². The minimum absolute atomic E-state index is 0.0326. The van der Waals surface area contributed by atoms with Crippen molar-refractivity contribution in [2.24, 2.45) is 17.8 Å². The number of para-hydroxylation sites is 2. The molecule has 6 rings (SSSR count). The van der Waals surface area contributed by atoms with Gasteiger partial charge in [0.25, 0.3) is 0 Å². The van der Waals surface area contributed by atoms with Gasteiger partial charge in [-0.1, -0.05) is 49.2 Å². The number of ether oxygens (including phenoxy) is 1. The van der Waals surface area contributed by atoms with E-state index in [0.29, 0.717) is 12.5 Å². The molecule has 2 heterocycles. The molecule has 3 aromatic rings. The first-order valence-electron chi connectivity index (χ1n) is 12.4. The van der Waals surface area contributed by atoms with E-state index in [1.54, 1.807) is 0 Å². The number of aryl methyl sites for hydroxylation is 1. The van der Waals surface area contributed by atoms with E-state index >= 15 is 0 Å². The summed E-state index contributed by atoms with van der Waals surface area (Å²) in [5.41, 5.74) is 6.44. The van der Waals surface area contributed by atoms with Gasteiger partial charge in [-0.3, -0.25) is 0 Å². The van der Waals surface area contributed by atoms with Crippen LogP contribution in [-0.2, 0) is 17.8 Å². The standard InChI is InChI=1S/C28H33NO3/c30-16-23-22-15-27-28-21(10-3-1-7-18(22)13-14-26(23)31)20-9-4-6-12-25(20)29(28)24-11-5-2-8-19(24)17-32-27/h2,4-6,8-9,11-12,18,22-23,26-27,30-31H,1,3,7,10,13-17H2/t18-,22+,23-,26+,27+/m1/s1. The van der Waals surface area contributed by atoms with Gasteiger partial charge in [0.2, 0.25) is 0 Å². The van der Waals surface area contributed by atoms with Gasteiger partial charge >= 0.3 is 0 Å². The van der Waals surface area contributed by atoms with Gasteiger partial charge in [-0.2, -0.15) is 0 Å². The fourth-order valence-electron chi connectivity index (χ4n) is 6.87. The van der Waals surface area contributed by atoms with Crippen LogP contribution in [0.15, 0.2) is 48.5 Å². The molecule has 1 saturated carbocycles. The third kappa shape index (κ3) is 3.23. The molecule has 1 aliphatic heterocycles. The normalized spacial score (nSPS) is 30.1. The summed E-state index contributed by atoms with van der Waals surface area (Å²) in [4.78, 5) is 0. The number of nitrogens with zero attached hydrogens (tertiary/aromatic N) is 1. The second kappa shape index (κ2) is 8.33. The Kier molecular flexibility index (Phi) is 5.33. The van der Waals surface area contributed by atoms with Crippen molar-refractivity contribution in [3.8, 4) is 5.69 Å². The Labute approximate surface area is 189 Å². The second-order valence-electron chi connectivity index (χ2n) is 10.0. The first kappa shape index (κ1) is 20.5. The third-order valence-electron chi connectivity index (χ3n) is 8.43. The Balaban J connectivity index is 1.55. The van der Waals surface area contributed by atoms with E-state index < -0.39 is 6.10 Å². The SMILES string of the molecule is OC[C@@H]1[C@H]2C[C@@H]3OCc4ccccc4-n4c3c(c3ccccc34)CCCC[C@@H]2CC[C@@H]1O. The van der Waals surface area contributed by atoms with Crippen LogP contribution < -0.4 is 0 Å². The van der Waals surface area contributed by atoms with Crippen molar-refractivity contribution in [1.82, 2.24) is 4.57 Å². The summed E-state index contributed by atoms with van der Waals surface area (Å²) in [5.74, 6) is 0.792. The summed E-state index contributed by atoms with van der Waals surface area (Å²) in [7, 11) is 0. The highest BCUT2D eigenvalue weighted by Crippen LogP contribution is 2.48. The van der Waals surface area contributed by atoms with Gasteiger partial charge in [-0.25, -0.2) is 0 Å². The highest BCUT2D eigenvalue weighted by Gasteiger charge is 2.41. The molecule has 0 unspecified atom stereocenters. The van der Waals surface area contributed by atoms with Crippen LogP contribution in [0, 0.1) is 17.8 Å². The molecule has 0 amide bonds. The molecule has 4 nitrogen and oxygen atoms in total. The first-order chi connectivity index (χ1) is 15.8. The second-order valence-corrected chi connectivity index (χ2v) is 10.0. The van der Waals surface area contributed by atoms with Gasteiger partial charge in [0.05, 0.1) is 35.7 Å². The van der Waals surface area contributed by atoms with Crippen LogP contribution in [0.4, 0.5) is 0 Å². The molecule has 1 fully saturated rings. The summed E-state index contributed by atoms with van der Waals surface area (Å²) in [6.45, 7) is 0.658. The molecule has 4 heteroatoms. The Morgan fingerprint density at radius 1 is 0.969 bits per heavy atom. The van der Waals surface area contributed by atoms with Crippen molar-refractivity contribution in [2.45, 2.75) is 63.8 Å². The highest BCUT2D eigenvalue weighted by molar-refractivity contribution is 5.88. The van der Waals surface area contributed by atoms with Gasteiger partial charge in [0.1, 0.15) is 0 Å². The lowest BCUT2D eigenvalue weighted by atomic mass is 9.66. The van der Waals surface area contributed by atoms with Crippen LogP contribution in [0.5, 0.6) is 0 Å². The molecule has 2 aromatic carbocycles. The molecular formula is C28H33NO3. The van der Waals surface area contributed by atoms with Crippen molar-refractivity contribution in [3.63, 3.8) is 0 Å². The van der Waals surface area contributed by atoms with Crippen LogP contribution in [0.1, 0.15) is 61.4 Å². The fraction of sp³-hybridized carbons (Fsp3) is 0.500. The molecule has 0 bridgehead atoms. The van der Waals surface area contributed by atoms with Gasteiger partial charge in [-0.15, -0.1) is 0 Å². The minimum atomic E-state index is -0.405. The van der Waals surface area contributed by atoms with Crippen molar-refractivity contribution in [2.75, 3.05) is 6.61 Å². The zero-order chi connectivity index (χ0) is 21.7. The maximum Gasteiger partial charge on any atom is 0.0988 e.